The molecule has 1 heterocycles. The number of nitrogens with zero attached hydrogens (tertiary/aromatic N) is 1. The first-order valence-corrected chi connectivity index (χ1v) is 11.4. The van der Waals surface area contributed by atoms with Crippen molar-refractivity contribution in [3.05, 3.63) is 101 Å². The van der Waals surface area contributed by atoms with E-state index in [1.165, 1.54) is 5.56 Å². The molecule has 0 saturated heterocycles. The molecule has 0 spiro atoms. The molecular weight excluding hydrogens is 410 g/mol. The van der Waals surface area contributed by atoms with Crippen LogP contribution in [0.25, 0.3) is 0 Å². The van der Waals surface area contributed by atoms with E-state index in [4.69, 9.17) is 0 Å². The van der Waals surface area contributed by atoms with Gasteiger partial charge in [0.1, 0.15) is 0 Å². The SMILES string of the molecule is C[C@@H](C(=O)O)c1cccc(CCN[C@H](c2ccccc2)[C@@H]2CNc3cccc(C#N)c3C2)c1. The molecule has 168 valence electrons. The number of carboxylic acids is 1. The third-order valence-electron chi connectivity index (χ3n) is 6.55. The number of fused-ring (bicyclic) bond motifs is 1. The van der Waals surface area contributed by atoms with Gasteiger partial charge in [0.05, 0.1) is 17.6 Å². The zero-order valence-corrected chi connectivity index (χ0v) is 18.8. The Hall–Kier alpha value is -3.62. The van der Waals surface area contributed by atoms with Gasteiger partial charge in [-0.2, -0.15) is 5.26 Å². The number of hydrogen-bond donors (Lipinski definition) is 3. The average Bonchev–Trinajstić information content (AvgIpc) is 2.86. The normalized spacial score (nSPS) is 16.7. The Kier molecular flexibility index (Phi) is 7.07. The summed E-state index contributed by atoms with van der Waals surface area (Å²) in [5, 5.41) is 26.2. The second-order valence-electron chi connectivity index (χ2n) is 8.69. The summed E-state index contributed by atoms with van der Waals surface area (Å²) in [5.74, 6) is -1.03. The van der Waals surface area contributed by atoms with Crippen molar-refractivity contribution in [2.24, 2.45) is 5.92 Å². The maximum absolute atomic E-state index is 11.3. The van der Waals surface area contributed by atoms with Crippen LogP contribution in [-0.4, -0.2) is 24.2 Å². The molecule has 0 saturated carbocycles. The second-order valence-corrected chi connectivity index (χ2v) is 8.69. The average molecular weight is 440 g/mol. The van der Waals surface area contributed by atoms with E-state index in [1.807, 2.05) is 42.5 Å². The number of nitrogens with one attached hydrogen (secondary N) is 2. The Morgan fingerprint density at radius 1 is 1.12 bits per heavy atom. The van der Waals surface area contributed by atoms with E-state index in [0.717, 1.165) is 53.9 Å². The number of rotatable bonds is 8. The molecule has 3 aromatic rings. The van der Waals surface area contributed by atoms with Gasteiger partial charge in [-0.15, -0.1) is 0 Å². The molecule has 4 rings (SSSR count). The lowest BCUT2D eigenvalue weighted by molar-refractivity contribution is -0.138. The highest BCUT2D eigenvalue weighted by atomic mass is 16.4. The Bertz CT molecular complexity index is 1150. The van der Waals surface area contributed by atoms with E-state index in [-0.39, 0.29) is 6.04 Å². The predicted octanol–water partition coefficient (Wildman–Crippen LogP) is 4.90. The molecule has 0 radical (unpaired) electrons. The highest BCUT2D eigenvalue weighted by molar-refractivity contribution is 5.75. The van der Waals surface area contributed by atoms with Crippen molar-refractivity contribution in [3.63, 3.8) is 0 Å². The lowest BCUT2D eigenvalue weighted by atomic mass is 9.83. The van der Waals surface area contributed by atoms with Gasteiger partial charge in [-0.3, -0.25) is 4.79 Å². The zero-order valence-electron chi connectivity index (χ0n) is 18.8. The summed E-state index contributed by atoms with van der Waals surface area (Å²) in [7, 11) is 0. The Balaban J connectivity index is 1.50. The minimum absolute atomic E-state index is 0.139. The van der Waals surface area contributed by atoms with E-state index >= 15 is 0 Å². The van der Waals surface area contributed by atoms with Gasteiger partial charge in [0, 0.05) is 18.3 Å². The van der Waals surface area contributed by atoms with Gasteiger partial charge in [-0.05, 0) is 66.6 Å². The smallest absolute Gasteiger partial charge is 0.310 e. The van der Waals surface area contributed by atoms with Crippen molar-refractivity contribution in [1.29, 1.82) is 5.26 Å². The zero-order chi connectivity index (χ0) is 23.2. The molecule has 5 nitrogen and oxygen atoms in total. The van der Waals surface area contributed by atoms with Crippen LogP contribution in [0.4, 0.5) is 5.69 Å². The Labute approximate surface area is 195 Å². The van der Waals surface area contributed by atoms with E-state index in [0.29, 0.717) is 5.92 Å². The standard InChI is InChI=1S/C28H29N3O2/c1-19(28(32)33)22-10-5-7-20(15-22)13-14-30-27(21-8-3-2-4-9-21)24-16-25-23(17-29)11-6-12-26(25)31-18-24/h2-12,15,19,24,27,30-31H,13-14,16,18H2,1H3,(H,32,33)/t19-,24+,27-/m1/s1. The third kappa shape index (κ3) is 5.24. The summed E-state index contributed by atoms with van der Waals surface area (Å²) < 4.78 is 0. The topological polar surface area (TPSA) is 85.2 Å². The van der Waals surface area contributed by atoms with Gasteiger partial charge >= 0.3 is 5.97 Å². The van der Waals surface area contributed by atoms with Gasteiger partial charge in [0.2, 0.25) is 0 Å². The molecule has 3 atom stereocenters. The molecular formula is C28H29N3O2. The van der Waals surface area contributed by atoms with Crippen LogP contribution in [-0.2, 0) is 17.6 Å². The number of hydrogen-bond acceptors (Lipinski definition) is 4. The van der Waals surface area contributed by atoms with Crippen molar-refractivity contribution in [1.82, 2.24) is 5.32 Å². The van der Waals surface area contributed by atoms with Gasteiger partial charge in [0.15, 0.2) is 0 Å². The van der Waals surface area contributed by atoms with Crippen molar-refractivity contribution >= 4 is 11.7 Å². The van der Waals surface area contributed by atoms with E-state index in [9.17, 15) is 15.2 Å². The van der Waals surface area contributed by atoms with Crippen LogP contribution in [0.1, 0.15) is 46.7 Å². The van der Waals surface area contributed by atoms with Gasteiger partial charge in [-0.25, -0.2) is 0 Å². The summed E-state index contributed by atoms with van der Waals surface area (Å²) in [4.78, 5) is 11.3. The number of anilines is 1. The molecule has 1 aliphatic heterocycles. The summed E-state index contributed by atoms with van der Waals surface area (Å²) in [5.41, 5.74) is 6.07. The first kappa shape index (κ1) is 22.6. The van der Waals surface area contributed by atoms with E-state index in [1.54, 1.807) is 6.92 Å². The summed E-state index contributed by atoms with van der Waals surface area (Å²) in [6.45, 7) is 3.32. The minimum Gasteiger partial charge on any atom is -0.481 e. The quantitative estimate of drug-likeness (QED) is 0.465. The van der Waals surface area contributed by atoms with E-state index in [2.05, 4.69) is 47.0 Å². The number of benzene rings is 3. The lowest BCUT2D eigenvalue weighted by Crippen LogP contribution is -2.37. The highest BCUT2D eigenvalue weighted by Gasteiger charge is 2.28. The number of carbonyl (C=O) groups is 1. The monoisotopic (exact) mass is 439 g/mol. The largest absolute Gasteiger partial charge is 0.481 e. The molecule has 0 unspecified atom stereocenters. The maximum atomic E-state index is 11.3. The predicted molar refractivity (Wildman–Crippen MR) is 130 cm³/mol. The third-order valence-corrected chi connectivity index (χ3v) is 6.55. The van der Waals surface area contributed by atoms with Crippen LogP contribution in [0.3, 0.4) is 0 Å². The Morgan fingerprint density at radius 3 is 2.64 bits per heavy atom. The van der Waals surface area contributed by atoms with E-state index < -0.39 is 11.9 Å². The molecule has 3 aromatic carbocycles. The summed E-state index contributed by atoms with van der Waals surface area (Å²) in [6, 6.07) is 26.6. The first-order valence-electron chi connectivity index (χ1n) is 11.4. The highest BCUT2D eigenvalue weighted by Crippen LogP contribution is 2.34. The molecule has 1 aliphatic rings. The first-order chi connectivity index (χ1) is 16.1. The molecule has 0 bridgehead atoms. The molecule has 0 aromatic heterocycles. The van der Waals surface area contributed by atoms with Crippen molar-refractivity contribution in [2.45, 2.75) is 31.7 Å². The molecule has 33 heavy (non-hydrogen) atoms. The van der Waals surface area contributed by atoms with Crippen molar-refractivity contribution < 1.29 is 9.90 Å². The fraction of sp³-hybridized carbons (Fsp3) is 0.286. The van der Waals surface area contributed by atoms with Crippen molar-refractivity contribution in [2.75, 3.05) is 18.4 Å². The maximum Gasteiger partial charge on any atom is 0.310 e. The second kappa shape index (κ2) is 10.3. The molecule has 3 N–H and O–H groups in total. The number of nitriles is 1. The minimum atomic E-state index is -0.809. The molecule has 5 heteroatoms. The van der Waals surface area contributed by atoms with Gasteiger partial charge in [0.25, 0.3) is 0 Å². The lowest BCUT2D eigenvalue weighted by Gasteiger charge is -2.34. The molecule has 0 fully saturated rings. The fourth-order valence-corrected chi connectivity index (χ4v) is 4.64. The fourth-order valence-electron chi connectivity index (χ4n) is 4.64. The summed E-state index contributed by atoms with van der Waals surface area (Å²) in [6.07, 6.45) is 1.65. The molecule has 0 aliphatic carbocycles. The van der Waals surface area contributed by atoms with Gasteiger partial charge < -0.3 is 15.7 Å². The van der Waals surface area contributed by atoms with Crippen LogP contribution >= 0.6 is 0 Å². The van der Waals surface area contributed by atoms with Crippen LogP contribution in [0.15, 0.2) is 72.8 Å². The van der Waals surface area contributed by atoms with Crippen molar-refractivity contribution in [3.8, 4) is 6.07 Å². The number of aliphatic carboxylic acids is 1. The van der Waals surface area contributed by atoms with Crippen LogP contribution in [0, 0.1) is 17.2 Å². The van der Waals surface area contributed by atoms with Crippen LogP contribution in [0.5, 0.6) is 0 Å². The number of carboxylic acid groups (broad SMARTS) is 1. The Morgan fingerprint density at radius 2 is 1.88 bits per heavy atom. The summed E-state index contributed by atoms with van der Waals surface area (Å²) >= 11 is 0. The van der Waals surface area contributed by atoms with Crippen LogP contribution in [0.2, 0.25) is 0 Å². The van der Waals surface area contributed by atoms with Crippen LogP contribution < -0.4 is 10.6 Å². The van der Waals surface area contributed by atoms with Gasteiger partial charge in [-0.1, -0.05) is 60.7 Å². The molecule has 0 amide bonds.